The molecule has 2 unspecified atom stereocenters. The fourth-order valence-corrected chi connectivity index (χ4v) is 3.79. The molecule has 1 saturated heterocycles. The summed E-state index contributed by atoms with van der Waals surface area (Å²) in [5, 5.41) is 8.99. The Kier molecular flexibility index (Phi) is 7.64. The molecule has 0 radical (unpaired) electrons. The van der Waals surface area contributed by atoms with Gasteiger partial charge in [-0.25, -0.2) is 0 Å². The standard InChI is InChI=1S/C21H32N2O3/c1-16(2)19(14-17-8-5-4-6-9-17)21(26)23-12-7-10-18(11-13-23)22(3)15-20(24)25/h4-6,8-9,16,18-19H,7,10-15H2,1-3H3,(H,24,25). The van der Waals surface area contributed by atoms with Crippen molar-refractivity contribution in [3.05, 3.63) is 35.9 Å². The number of carbonyl (C=O) groups is 2. The van der Waals surface area contributed by atoms with E-state index in [0.29, 0.717) is 6.54 Å². The fourth-order valence-electron chi connectivity index (χ4n) is 3.79. The van der Waals surface area contributed by atoms with Crippen LogP contribution in [-0.4, -0.2) is 59.5 Å². The van der Waals surface area contributed by atoms with E-state index < -0.39 is 5.97 Å². The quantitative estimate of drug-likeness (QED) is 0.812. The first-order valence-corrected chi connectivity index (χ1v) is 9.63. The molecular formula is C21H32N2O3. The number of hydrogen-bond acceptors (Lipinski definition) is 3. The van der Waals surface area contributed by atoms with Crippen molar-refractivity contribution in [2.24, 2.45) is 11.8 Å². The molecule has 1 amide bonds. The number of nitrogens with zero attached hydrogens (tertiary/aromatic N) is 2. The number of carbonyl (C=O) groups excluding carboxylic acids is 1. The molecule has 144 valence electrons. The number of amides is 1. The zero-order valence-corrected chi connectivity index (χ0v) is 16.2. The zero-order valence-electron chi connectivity index (χ0n) is 16.2. The number of rotatable bonds is 7. The number of likely N-dealkylation sites (N-methyl/N-ethyl adjacent to an activating group) is 1. The van der Waals surface area contributed by atoms with E-state index in [1.54, 1.807) is 0 Å². The molecule has 0 spiro atoms. The Labute approximate surface area is 157 Å². The molecule has 0 aliphatic carbocycles. The lowest BCUT2D eigenvalue weighted by Crippen LogP contribution is -2.41. The zero-order chi connectivity index (χ0) is 19.1. The third-order valence-electron chi connectivity index (χ3n) is 5.44. The van der Waals surface area contributed by atoms with Crippen LogP contribution in [0.25, 0.3) is 0 Å². The van der Waals surface area contributed by atoms with Crippen LogP contribution in [0.3, 0.4) is 0 Å². The van der Waals surface area contributed by atoms with Gasteiger partial charge in [0.2, 0.25) is 5.91 Å². The van der Waals surface area contributed by atoms with Crippen LogP contribution in [0.2, 0.25) is 0 Å². The Morgan fingerprint density at radius 3 is 2.50 bits per heavy atom. The van der Waals surface area contributed by atoms with E-state index in [4.69, 9.17) is 5.11 Å². The van der Waals surface area contributed by atoms with Crippen molar-refractivity contribution < 1.29 is 14.7 Å². The molecule has 1 aromatic carbocycles. The Morgan fingerprint density at radius 1 is 1.19 bits per heavy atom. The van der Waals surface area contributed by atoms with Gasteiger partial charge < -0.3 is 10.0 Å². The Hall–Kier alpha value is -1.88. The van der Waals surface area contributed by atoms with E-state index in [9.17, 15) is 9.59 Å². The number of carboxylic acids is 1. The lowest BCUT2D eigenvalue weighted by atomic mass is 9.88. The van der Waals surface area contributed by atoms with Crippen LogP contribution in [0.15, 0.2) is 30.3 Å². The maximum atomic E-state index is 13.2. The second kappa shape index (κ2) is 9.72. The van der Waals surface area contributed by atoms with Crippen LogP contribution in [-0.2, 0) is 16.0 Å². The number of hydrogen-bond donors (Lipinski definition) is 1. The lowest BCUT2D eigenvalue weighted by Gasteiger charge is -2.29. The van der Waals surface area contributed by atoms with Crippen LogP contribution in [0.4, 0.5) is 0 Å². The highest BCUT2D eigenvalue weighted by Crippen LogP contribution is 2.23. The summed E-state index contributed by atoms with van der Waals surface area (Å²) in [6, 6.07) is 10.4. The Morgan fingerprint density at radius 2 is 1.88 bits per heavy atom. The summed E-state index contributed by atoms with van der Waals surface area (Å²) in [5.74, 6) is -0.278. The SMILES string of the molecule is CC(C)C(Cc1ccccc1)C(=O)N1CCCC(N(C)CC(=O)O)CC1. The van der Waals surface area contributed by atoms with Crippen molar-refractivity contribution in [1.29, 1.82) is 0 Å². The van der Waals surface area contributed by atoms with Gasteiger partial charge in [-0.15, -0.1) is 0 Å². The van der Waals surface area contributed by atoms with Gasteiger partial charge in [0, 0.05) is 25.0 Å². The van der Waals surface area contributed by atoms with Crippen molar-refractivity contribution in [3.8, 4) is 0 Å². The van der Waals surface area contributed by atoms with Gasteiger partial charge in [-0.1, -0.05) is 44.2 Å². The lowest BCUT2D eigenvalue weighted by molar-refractivity contribution is -0.139. The largest absolute Gasteiger partial charge is 0.480 e. The number of likely N-dealkylation sites (tertiary alicyclic amines) is 1. The molecule has 2 rings (SSSR count). The van der Waals surface area contributed by atoms with Crippen molar-refractivity contribution >= 4 is 11.9 Å². The van der Waals surface area contributed by atoms with Crippen molar-refractivity contribution in [2.75, 3.05) is 26.7 Å². The van der Waals surface area contributed by atoms with Gasteiger partial charge in [-0.3, -0.25) is 14.5 Å². The summed E-state index contributed by atoms with van der Waals surface area (Å²) in [6.07, 6.45) is 3.48. The van der Waals surface area contributed by atoms with E-state index in [1.165, 1.54) is 5.56 Å². The van der Waals surface area contributed by atoms with Crippen LogP contribution < -0.4 is 0 Å². The topological polar surface area (TPSA) is 60.9 Å². The molecule has 5 nitrogen and oxygen atoms in total. The molecule has 1 aromatic rings. The highest BCUT2D eigenvalue weighted by atomic mass is 16.4. The number of aliphatic carboxylic acids is 1. The normalized spacial score (nSPS) is 19.4. The summed E-state index contributed by atoms with van der Waals surface area (Å²) >= 11 is 0. The van der Waals surface area contributed by atoms with Crippen LogP contribution >= 0.6 is 0 Å². The molecule has 26 heavy (non-hydrogen) atoms. The highest BCUT2D eigenvalue weighted by molar-refractivity contribution is 5.79. The minimum atomic E-state index is -0.799. The van der Waals surface area contributed by atoms with Gasteiger partial charge in [-0.05, 0) is 44.2 Å². The van der Waals surface area contributed by atoms with E-state index in [0.717, 1.165) is 32.2 Å². The van der Waals surface area contributed by atoms with Crippen LogP contribution in [0.1, 0.15) is 38.7 Å². The first-order chi connectivity index (χ1) is 12.4. The summed E-state index contributed by atoms with van der Waals surface area (Å²) in [7, 11) is 1.86. The third kappa shape index (κ3) is 5.84. The van der Waals surface area contributed by atoms with E-state index >= 15 is 0 Å². The summed E-state index contributed by atoms with van der Waals surface area (Å²) < 4.78 is 0. The minimum Gasteiger partial charge on any atom is -0.480 e. The second-order valence-corrected chi connectivity index (χ2v) is 7.76. The van der Waals surface area contributed by atoms with Crippen molar-refractivity contribution in [2.45, 2.75) is 45.6 Å². The molecule has 1 heterocycles. The molecule has 1 fully saturated rings. The van der Waals surface area contributed by atoms with E-state index in [2.05, 4.69) is 26.0 Å². The van der Waals surface area contributed by atoms with Gasteiger partial charge in [0.1, 0.15) is 0 Å². The first-order valence-electron chi connectivity index (χ1n) is 9.63. The molecule has 1 N–H and O–H groups in total. The maximum Gasteiger partial charge on any atom is 0.317 e. The van der Waals surface area contributed by atoms with Gasteiger partial charge in [-0.2, -0.15) is 0 Å². The predicted octanol–water partition coefficient (Wildman–Crippen LogP) is 2.90. The molecule has 2 atom stereocenters. The fraction of sp³-hybridized carbons (Fsp3) is 0.619. The van der Waals surface area contributed by atoms with Crippen molar-refractivity contribution in [1.82, 2.24) is 9.80 Å². The third-order valence-corrected chi connectivity index (χ3v) is 5.44. The number of benzene rings is 1. The minimum absolute atomic E-state index is 0.00861. The van der Waals surface area contributed by atoms with Crippen LogP contribution in [0.5, 0.6) is 0 Å². The molecule has 0 saturated carbocycles. The molecule has 1 aliphatic rings. The first kappa shape index (κ1) is 20.4. The van der Waals surface area contributed by atoms with Crippen LogP contribution in [0, 0.1) is 11.8 Å². The van der Waals surface area contributed by atoms with Gasteiger partial charge in [0.05, 0.1) is 6.54 Å². The molecule has 1 aliphatic heterocycles. The average molecular weight is 360 g/mol. The van der Waals surface area contributed by atoms with Crippen molar-refractivity contribution in [3.63, 3.8) is 0 Å². The molecular weight excluding hydrogens is 328 g/mol. The van der Waals surface area contributed by atoms with Gasteiger partial charge >= 0.3 is 5.97 Å². The monoisotopic (exact) mass is 360 g/mol. The van der Waals surface area contributed by atoms with Gasteiger partial charge in [0.25, 0.3) is 0 Å². The number of carboxylic acid groups (broad SMARTS) is 1. The Balaban J connectivity index is 1.99. The van der Waals surface area contributed by atoms with E-state index in [-0.39, 0.29) is 30.3 Å². The predicted molar refractivity (Wildman–Crippen MR) is 103 cm³/mol. The maximum absolute atomic E-state index is 13.2. The van der Waals surface area contributed by atoms with Gasteiger partial charge in [0.15, 0.2) is 0 Å². The van der Waals surface area contributed by atoms with E-state index in [1.807, 2.05) is 35.0 Å². The second-order valence-electron chi connectivity index (χ2n) is 7.76. The highest BCUT2D eigenvalue weighted by Gasteiger charge is 2.30. The smallest absolute Gasteiger partial charge is 0.317 e. The summed E-state index contributed by atoms with van der Waals surface area (Å²) in [4.78, 5) is 28.0. The summed E-state index contributed by atoms with van der Waals surface area (Å²) in [6.45, 7) is 5.78. The average Bonchev–Trinajstić information content (AvgIpc) is 2.85. The molecule has 0 aromatic heterocycles. The summed E-state index contributed by atoms with van der Waals surface area (Å²) in [5.41, 5.74) is 1.20. The molecule has 0 bridgehead atoms. The Bertz CT molecular complexity index is 588. The molecule has 5 heteroatoms.